The molecule has 0 bridgehead atoms. The van der Waals surface area contributed by atoms with Crippen LogP contribution in [0.15, 0.2) is 36.2 Å². The van der Waals surface area contributed by atoms with Crippen LogP contribution in [0.25, 0.3) is 5.57 Å². The topological polar surface area (TPSA) is 69.4 Å². The summed E-state index contributed by atoms with van der Waals surface area (Å²) in [4.78, 5) is 22.2. The number of ether oxygens (including phenoxy) is 1. The molecule has 0 unspecified atom stereocenters. The minimum Gasteiger partial charge on any atom is -0.403 e. The number of benzene rings is 1. The Morgan fingerprint density at radius 2 is 1.71 bits per heavy atom. The Kier molecular flexibility index (Phi) is 1.81. The van der Waals surface area contributed by atoms with Crippen molar-refractivity contribution in [1.29, 1.82) is 0 Å². The molecule has 0 saturated heterocycles. The predicted octanol–water partition coefficient (Wildman–Crippen LogP) is 0.440. The highest BCUT2D eigenvalue weighted by Crippen LogP contribution is 2.23. The van der Waals surface area contributed by atoms with Crippen LogP contribution in [0.1, 0.15) is 5.56 Å². The maximum Gasteiger partial charge on any atom is 0.386 e. The van der Waals surface area contributed by atoms with Gasteiger partial charge >= 0.3 is 5.97 Å². The summed E-state index contributed by atoms with van der Waals surface area (Å²) < 4.78 is 4.51. The number of hydrogen-bond acceptors (Lipinski definition) is 4. The first-order chi connectivity index (χ1) is 6.70. The van der Waals surface area contributed by atoms with Crippen LogP contribution in [-0.4, -0.2) is 11.8 Å². The Hall–Kier alpha value is -2.10. The summed E-state index contributed by atoms with van der Waals surface area (Å²) in [5.41, 5.74) is 6.15. The fourth-order valence-corrected chi connectivity index (χ4v) is 1.29. The molecule has 70 valence electrons. The van der Waals surface area contributed by atoms with E-state index in [4.69, 9.17) is 5.73 Å². The summed E-state index contributed by atoms with van der Waals surface area (Å²) in [5, 5.41) is 0. The molecule has 1 aliphatic heterocycles. The molecule has 0 amide bonds. The quantitative estimate of drug-likeness (QED) is 0.514. The Labute approximate surface area is 80.0 Å². The van der Waals surface area contributed by atoms with Crippen molar-refractivity contribution in [1.82, 2.24) is 0 Å². The van der Waals surface area contributed by atoms with Gasteiger partial charge in [0.25, 0.3) is 5.78 Å². The third-order valence-electron chi connectivity index (χ3n) is 1.92. The fourth-order valence-electron chi connectivity index (χ4n) is 1.29. The summed E-state index contributed by atoms with van der Waals surface area (Å²) >= 11 is 0. The van der Waals surface area contributed by atoms with Gasteiger partial charge in [-0.25, -0.2) is 4.79 Å². The van der Waals surface area contributed by atoms with Crippen molar-refractivity contribution < 1.29 is 14.3 Å². The van der Waals surface area contributed by atoms with E-state index in [9.17, 15) is 9.59 Å². The molecular formula is C10H7NO3. The number of rotatable bonds is 1. The van der Waals surface area contributed by atoms with E-state index in [1.807, 2.05) is 6.07 Å². The number of nitrogens with two attached hydrogens (primary N) is 1. The van der Waals surface area contributed by atoms with E-state index >= 15 is 0 Å². The van der Waals surface area contributed by atoms with E-state index in [0.29, 0.717) is 5.56 Å². The molecule has 0 saturated carbocycles. The van der Waals surface area contributed by atoms with Crippen LogP contribution in [0.2, 0.25) is 0 Å². The number of Topliss-reactive ketones (excluding diaryl/α,β-unsaturated/α-hetero) is 1. The number of carbonyl (C=O) groups is 2. The second-order valence-electron chi connectivity index (χ2n) is 2.82. The molecule has 1 heterocycles. The fraction of sp³-hybridized carbons (Fsp3) is 0. The molecule has 2 rings (SSSR count). The minimum atomic E-state index is -0.915. The van der Waals surface area contributed by atoms with Crippen molar-refractivity contribution in [2.75, 3.05) is 0 Å². The second kappa shape index (κ2) is 2.99. The lowest BCUT2D eigenvalue weighted by molar-refractivity contribution is -0.146. The normalized spacial score (nSPS) is 16.0. The number of ketones is 1. The zero-order chi connectivity index (χ0) is 10.1. The number of esters is 1. The molecule has 1 aromatic carbocycles. The maximum absolute atomic E-state index is 11.3. The Morgan fingerprint density at radius 3 is 2.21 bits per heavy atom. The molecule has 0 atom stereocenters. The van der Waals surface area contributed by atoms with E-state index < -0.39 is 11.8 Å². The molecular weight excluding hydrogens is 182 g/mol. The van der Waals surface area contributed by atoms with Gasteiger partial charge in [0.15, 0.2) is 0 Å². The lowest BCUT2D eigenvalue weighted by Gasteiger charge is -1.97. The number of hydrogen-bond donors (Lipinski definition) is 1. The molecule has 1 aromatic rings. The van der Waals surface area contributed by atoms with Crippen LogP contribution in [0, 0.1) is 0 Å². The minimum absolute atomic E-state index is 0.119. The molecule has 0 fully saturated rings. The van der Waals surface area contributed by atoms with Crippen LogP contribution < -0.4 is 5.73 Å². The predicted molar refractivity (Wildman–Crippen MR) is 48.6 cm³/mol. The van der Waals surface area contributed by atoms with Crippen LogP contribution >= 0.6 is 0 Å². The summed E-state index contributed by atoms with van der Waals surface area (Å²) in [6.07, 6.45) is 0. The van der Waals surface area contributed by atoms with Crippen LogP contribution in [-0.2, 0) is 14.3 Å². The monoisotopic (exact) mass is 189 g/mol. The van der Waals surface area contributed by atoms with Gasteiger partial charge in [-0.05, 0) is 5.56 Å². The van der Waals surface area contributed by atoms with Gasteiger partial charge in [0.2, 0.25) is 5.88 Å². The highest BCUT2D eigenvalue weighted by Gasteiger charge is 2.33. The van der Waals surface area contributed by atoms with Gasteiger partial charge in [0.1, 0.15) is 0 Å². The molecule has 1 aliphatic rings. The van der Waals surface area contributed by atoms with Crippen molar-refractivity contribution >= 4 is 17.3 Å². The standard InChI is InChI=1S/C10H7NO3/c11-9-7(8(12)10(13)14-9)6-4-2-1-3-5-6/h1-5H,11H2. The van der Waals surface area contributed by atoms with Gasteiger partial charge in [-0.2, -0.15) is 0 Å². The Morgan fingerprint density at radius 1 is 1.07 bits per heavy atom. The maximum atomic E-state index is 11.3. The van der Waals surface area contributed by atoms with E-state index in [0.717, 1.165) is 0 Å². The van der Waals surface area contributed by atoms with E-state index in [2.05, 4.69) is 4.74 Å². The van der Waals surface area contributed by atoms with E-state index in [-0.39, 0.29) is 11.5 Å². The van der Waals surface area contributed by atoms with Gasteiger partial charge in [0.05, 0.1) is 5.57 Å². The Balaban J connectivity index is 2.50. The zero-order valence-corrected chi connectivity index (χ0v) is 7.19. The van der Waals surface area contributed by atoms with Crippen LogP contribution in [0.3, 0.4) is 0 Å². The summed E-state index contributed by atoms with van der Waals surface area (Å²) in [6, 6.07) is 8.71. The smallest absolute Gasteiger partial charge is 0.386 e. The van der Waals surface area contributed by atoms with Gasteiger partial charge < -0.3 is 10.5 Å². The molecule has 0 aliphatic carbocycles. The number of cyclic esters (lactones) is 1. The highest BCUT2D eigenvalue weighted by atomic mass is 16.6. The molecule has 2 N–H and O–H groups in total. The average molecular weight is 189 g/mol. The van der Waals surface area contributed by atoms with Gasteiger partial charge in [0, 0.05) is 0 Å². The van der Waals surface area contributed by atoms with Crippen molar-refractivity contribution in [3.05, 3.63) is 41.8 Å². The zero-order valence-electron chi connectivity index (χ0n) is 7.19. The first-order valence-electron chi connectivity index (χ1n) is 4.02. The van der Waals surface area contributed by atoms with Crippen LogP contribution in [0.4, 0.5) is 0 Å². The van der Waals surface area contributed by atoms with Gasteiger partial charge in [-0.3, -0.25) is 4.79 Å². The average Bonchev–Trinajstić information content (AvgIpc) is 2.43. The molecule has 0 spiro atoms. The van der Waals surface area contributed by atoms with Crippen LogP contribution in [0.5, 0.6) is 0 Å². The van der Waals surface area contributed by atoms with Crippen molar-refractivity contribution in [3.8, 4) is 0 Å². The molecule has 0 radical (unpaired) electrons. The Bertz CT molecular complexity index is 434. The number of carbonyl (C=O) groups excluding carboxylic acids is 2. The molecule has 14 heavy (non-hydrogen) atoms. The van der Waals surface area contributed by atoms with Crippen molar-refractivity contribution in [2.45, 2.75) is 0 Å². The highest BCUT2D eigenvalue weighted by molar-refractivity contribution is 6.54. The van der Waals surface area contributed by atoms with Crippen molar-refractivity contribution in [3.63, 3.8) is 0 Å². The van der Waals surface area contributed by atoms with Crippen molar-refractivity contribution in [2.24, 2.45) is 5.73 Å². The van der Waals surface area contributed by atoms with E-state index in [1.165, 1.54) is 0 Å². The SMILES string of the molecule is NC1=C(c2ccccc2)C(=O)C(=O)O1. The molecule has 4 heteroatoms. The lowest BCUT2D eigenvalue weighted by Crippen LogP contribution is -2.09. The third-order valence-corrected chi connectivity index (χ3v) is 1.92. The third kappa shape index (κ3) is 1.17. The van der Waals surface area contributed by atoms with Gasteiger partial charge in [-0.15, -0.1) is 0 Å². The largest absolute Gasteiger partial charge is 0.403 e. The summed E-state index contributed by atoms with van der Waals surface area (Å²) in [5.74, 6) is -1.72. The van der Waals surface area contributed by atoms with Gasteiger partial charge in [-0.1, -0.05) is 30.3 Å². The molecule has 0 aromatic heterocycles. The second-order valence-corrected chi connectivity index (χ2v) is 2.82. The lowest BCUT2D eigenvalue weighted by atomic mass is 10.0. The first-order valence-corrected chi connectivity index (χ1v) is 4.02. The van der Waals surface area contributed by atoms with E-state index in [1.54, 1.807) is 24.3 Å². The summed E-state index contributed by atoms with van der Waals surface area (Å²) in [6.45, 7) is 0. The summed E-state index contributed by atoms with van der Waals surface area (Å²) in [7, 11) is 0. The molecule has 4 nitrogen and oxygen atoms in total. The first kappa shape index (κ1) is 8.50.